The van der Waals surface area contributed by atoms with Gasteiger partial charge in [0.15, 0.2) is 23.2 Å². The molecule has 7 nitrogen and oxygen atoms in total. The van der Waals surface area contributed by atoms with E-state index in [1.165, 1.54) is 7.11 Å². The van der Waals surface area contributed by atoms with Crippen LogP contribution in [-0.2, 0) is 11.3 Å². The number of hydrogen-bond donors (Lipinski definition) is 3. The Bertz CT molecular complexity index is 1070. The Hall–Kier alpha value is -3.09. The van der Waals surface area contributed by atoms with Gasteiger partial charge in [-0.15, -0.1) is 0 Å². The van der Waals surface area contributed by atoms with Crippen LogP contribution < -0.4 is 25.4 Å². The number of nitriles is 1. The maximum Gasteiger partial charge on any atom is 0.251 e. The lowest BCUT2D eigenvalue weighted by atomic mass is 9.94. The Balaban J connectivity index is 1.94. The third kappa shape index (κ3) is 5.34. The van der Waals surface area contributed by atoms with E-state index in [1.807, 2.05) is 43.3 Å². The molecular formula is C22H21BrN4O3S. The number of carbonyl (C=O) groups excluding carboxylic acids is 1. The highest BCUT2D eigenvalue weighted by atomic mass is 79.9. The molecule has 3 N–H and O–H groups in total. The van der Waals surface area contributed by atoms with Crippen molar-refractivity contribution < 1.29 is 14.3 Å². The van der Waals surface area contributed by atoms with Gasteiger partial charge in [-0.25, -0.2) is 0 Å². The summed E-state index contributed by atoms with van der Waals surface area (Å²) in [4.78, 5) is 13.1. The van der Waals surface area contributed by atoms with Crippen LogP contribution in [0.4, 0.5) is 0 Å². The first-order chi connectivity index (χ1) is 14.9. The van der Waals surface area contributed by atoms with Crippen molar-refractivity contribution in [2.45, 2.75) is 19.5 Å². The molecule has 9 heteroatoms. The van der Waals surface area contributed by atoms with Crippen LogP contribution in [0.15, 0.2) is 58.2 Å². The number of rotatable bonds is 7. The molecule has 31 heavy (non-hydrogen) atoms. The molecule has 2 aromatic carbocycles. The summed E-state index contributed by atoms with van der Waals surface area (Å²) >= 11 is 8.89. The molecule has 0 fully saturated rings. The normalized spacial score (nSPS) is 15.4. The fourth-order valence-corrected chi connectivity index (χ4v) is 4.08. The Morgan fingerprint density at radius 1 is 1.29 bits per heavy atom. The van der Waals surface area contributed by atoms with Crippen molar-refractivity contribution in [3.8, 4) is 17.6 Å². The van der Waals surface area contributed by atoms with Crippen molar-refractivity contribution in [3.05, 3.63) is 69.3 Å². The first-order valence-electron chi connectivity index (χ1n) is 9.42. The third-order valence-corrected chi connectivity index (χ3v) is 5.60. The zero-order valence-electron chi connectivity index (χ0n) is 17.0. The van der Waals surface area contributed by atoms with E-state index in [9.17, 15) is 4.79 Å². The second kappa shape index (κ2) is 10.3. The number of nitrogens with zero attached hydrogens (tertiary/aromatic N) is 1. The standard InChI is InChI=1S/C22H21BrN4O3S/c1-13-19(21(28)25-12-14-6-4-3-5-7-14)20(27-22(31)26-13)15-10-17(29-2)18(11-16(15)23)30-9-8-24/h3-7,10-11,20H,9,12H2,1-2H3,(H,25,28)(H2,26,27,31)/t20-/m0/s1. The number of allylic oxidation sites excluding steroid dienone is 1. The molecule has 0 spiro atoms. The quantitative estimate of drug-likeness (QED) is 0.500. The van der Waals surface area contributed by atoms with Crippen LogP contribution in [0.1, 0.15) is 24.1 Å². The summed E-state index contributed by atoms with van der Waals surface area (Å²) in [7, 11) is 1.52. The molecule has 0 aromatic heterocycles. The van der Waals surface area contributed by atoms with Gasteiger partial charge in [0, 0.05) is 16.7 Å². The molecule has 1 aliphatic rings. The molecule has 0 bridgehead atoms. The molecule has 0 saturated carbocycles. The molecule has 160 valence electrons. The fourth-order valence-electron chi connectivity index (χ4n) is 3.26. The minimum Gasteiger partial charge on any atom is -0.493 e. The number of benzene rings is 2. The topological polar surface area (TPSA) is 95.4 Å². The average molecular weight is 501 g/mol. The molecule has 0 radical (unpaired) electrons. The molecule has 2 aromatic rings. The van der Waals surface area contributed by atoms with Crippen LogP contribution in [0, 0.1) is 11.3 Å². The van der Waals surface area contributed by atoms with E-state index < -0.39 is 6.04 Å². The Morgan fingerprint density at radius 2 is 2.03 bits per heavy atom. The van der Waals surface area contributed by atoms with Crippen molar-refractivity contribution in [1.82, 2.24) is 16.0 Å². The van der Waals surface area contributed by atoms with Crippen LogP contribution in [0.3, 0.4) is 0 Å². The van der Waals surface area contributed by atoms with E-state index in [2.05, 4.69) is 31.9 Å². The maximum absolute atomic E-state index is 13.1. The molecule has 0 saturated heterocycles. The van der Waals surface area contributed by atoms with Gasteiger partial charge in [-0.05, 0) is 42.4 Å². The van der Waals surface area contributed by atoms with Gasteiger partial charge in [-0.1, -0.05) is 46.3 Å². The van der Waals surface area contributed by atoms with Crippen LogP contribution in [-0.4, -0.2) is 24.7 Å². The lowest BCUT2D eigenvalue weighted by Gasteiger charge is -2.31. The minimum absolute atomic E-state index is 0.107. The molecular weight excluding hydrogens is 480 g/mol. The van der Waals surface area contributed by atoms with Crippen molar-refractivity contribution >= 4 is 39.2 Å². The zero-order valence-corrected chi connectivity index (χ0v) is 19.4. The molecule has 1 heterocycles. The van der Waals surface area contributed by atoms with E-state index in [-0.39, 0.29) is 12.5 Å². The summed E-state index contributed by atoms with van der Waals surface area (Å²) < 4.78 is 11.6. The summed E-state index contributed by atoms with van der Waals surface area (Å²) in [6.45, 7) is 2.11. The second-order valence-corrected chi connectivity index (χ2v) is 7.97. The van der Waals surface area contributed by atoms with E-state index in [4.69, 9.17) is 27.0 Å². The molecule has 3 rings (SSSR count). The number of nitrogens with one attached hydrogen (secondary N) is 3. The lowest BCUT2D eigenvalue weighted by molar-refractivity contribution is -0.118. The maximum atomic E-state index is 13.1. The monoisotopic (exact) mass is 500 g/mol. The summed E-state index contributed by atoms with van der Waals surface area (Å²) in [6.07, 6.45) is 0. The summed E-state index contributed by atoms with van der Waals surface area (Å²) in [5.74, 6) is 0.651. The van der Waals surface area contributed by atoms with Gasteiger partial charge in [-0.3, -0.25) is 4.79 Å². The molecule has 1 amide bonds. The molecule has 1 aliphatic heterocycles. The first-order valence-corrected chi connectivity index (χ1v) is 10.6. The van der Waals surface area contributed by atoms with Gasteiger partial charge < -0.3 is 25.4 Å². The van der Waals surface area contributed by atoms with E-state index in [0.717, 1.165) is 11.1 Å². The second-order valence-electron chi connectivity index (χ2n) is 6.71. The van der Waals surface area contributed by atoms with E-state index in [1.54, 1.807) is 12.1 Å². The largest absolute Gasteiger partial charge is 0.493 e. The lowest BCUT2D eigenvalue weighted by Crippen LogP contribution is -2.46. The number of thiocarbonyl (C=S) groups is 1. The molecule has 1 atom stereocenters. The van der Waals surface area contributed by atoms with Gasteiger partial charge in [0.2, 0.25) is 0 Å². The van der Waals surface area contributed by atoms with E-state index >= 15 is 0 Å². The van der Waals surface area contributed by atoms with Gasteiger partial charge in [0.1, 0.15) is 6.07 Å². The first kappa shape index (κ1) is 22.6. The predicted molar refractivity (Wildman–Crippen MR) is 124 cm³/mol. The van der Waals surface area contributed by atoms with Gasteiger partial charge in [0.05, 0.1) is 18.7 Å². The van der Waals surface area contributed by atoms with Crippen molar-refractivity contribution in [2.24, 2.45) is 0 Å². The van der Waals surface area contributed by atoms with Gasteiger partial charge in [-0.2, -0.15) is 5.26 Å². The summed E-state index contributed by atoms with van der Waals surface area (Å²) in [5.41, 5.74) is 2.92. The Kier molecular flexibility index (Phi) is 7.50. The number of carbonyl (C=O) groups is 1. The van der Waals surface area contributed by atoms with Crippen LogP contribution in [0.25, 0.3) is 0 Å². The average Bonchev–Trinajstić information content (AvgIpc) is 2.76. The number of hydrogen-bond acceptors (Lipinski definition) is 5. The number of ether oxygens (including phenoxy) is 2. The number of halogens is 1. The van der Waals surface area contributed by atoms with Crippen molar-refractivity contribution in [1.29, 1.82) is 5.26 Å². The van der Waals surface area contributed by atoms with Crippen LogP contribution in [0.5, 0.6) is 11.5 Å². The van der Waals surface area contributed by atoms with E-state index in [0.29, 0.717) is 38.9 Å². The molecule has 0 unspecified atom stereocenters. The Morgan fingerprint density at radius 3 is 2.71 bits per heavy atom. The SMILES string of the molecule is COc1cc([C@@H]2NC(=S)NC(C)=C2C(=O)NCc2ccccc2)c(Br)cc1OCC#N. The number of methoxy groups -OCH3 is 1. The molecule has 0 aliphatic carbocycles. The third-order valence-electron chi connectivity index (χ3n) is 4.70. The van der Waals surface area contributed by atoms with Crippen LogP contribution in [0.2, 0.25) is 0 Å². The van der Waals surface area contributed by atoms with Crippen molar-refractivity contribution in [2.75, 3.05) is 13.7 Å². The number of amides is 1. The fraction of sp³-hybridized carbons (Fsp3) is 0.227. The summed E-state index contributed by atoms with van der Waals surface area (Å²) in [5, 5.41) is 18.4. The Labute approximate surface area is 194 Å². The highest BCUT2D eigenvalue weighted by Gasteiger charge is 2.32. The van der Waals surface area contributed by atoms with Crippen LogP contribution >= 0.6 is 28.1 Å². The minimum atomic E-state index is -0.516. The highest BCUT2D eigenvalue weighted by molar-refractivity contribution is 9.10. The van der Waals surface area contributed by atoms with Gasteiger partial charge >= 0.3 is 0 Å². The van der Waals surface area contributed by atoms with Gasteiger partial charge in [0.25, 0.3) is 5.91 Å². The highest BCUT2D eigenvalue weighted by Crippen LogP contribution is 2.39. The van der Waals surface area contributed by atoms with Crippen molar-refractivity contribution in [3.63, 3.8) is 0 Å². The summed E-state index contributed by atoms with van der Waals surface area (Å²) in [6, 6.07) is 14.6. The zero-order chi connectivity index (χ0) is 22.4. The smallest absolute Gasteiger partial charge is 0.251 e. The predicted octanol–water partition coefficient (Wildman–Crippen LogP) is 3.47.